The molecule has 0 bridgehead atoms. The zero-order valence-electron chi connectivity index (χ0n) is 16.2. The quantitative estimate of drug-likeness (QED) is 0.716. The predicted molar refractivity (Wildman–Crippen MR) is 101 cm³/mol. The summed E-state index contributed by atoms with van der Waals surface area (Å²) in [4.78, 5) is 26.6. The van der Waals surface area contributed by atoms with Gasteiger partial charge < -0.3 is 19.1 Å². The number of hydrogen-bond donors (Lipinski definition) is 0. The molecule has 1 aliphatic carbocycles. The third-order valence-electron chi connectivity index (χ3n) is 5.03. The molecule has 2 atom stereocenters. The van der Waals surface area contributed by atoms with Crippen molar-refractivity contribution >= 4 is 11.9 Å². The number of carbonyl (C=O) groups excluding carboxylic acids is 2. The second kappa shape index (κ2) is 9.22. The summed E-state index contributed by atoms with van der Waals surface area (Å²) in [6.07, 6.45) is 4.56. The number of nitrogens with zero attached hydrogens (tertiary/aromatic N) is 1. The molecule has 2 aliphatic rings. The van der Waals surface area contributed by atoms with Crippen molar-refractivity contribution in [2.24, 2.45) is 0 Å². The second-order valence-corrected chi connectivity index (χ2v) is 7.50. The highest BCUT2D eigenvalue weighted by molar-refractivity contribution is 5.81. The average molecular weight is 375 g/mol. The normalized spacial score (nSPS) is 22.3. The molecule has 6 nitrogen and oxygen atoms in total. The molecule has 1 aliphatic heterocycles. The number of morpholine rings is 1. The first-order valence-corrected chi connectivity index (χ1v) is 9.85. The van der Waals surface area contributed by atoms with E-state index in [0.717, 1.165) is 37.0 Å². The summed E-state index contributed by atoms with van der Waals surface area (Å²) in [5.41, 5.74) is 0.810. The molecule has 148 valence electrons. The zero-order chi connectivity index (χ0) is 19.2. The van der Waals surface area contributed by atoms with Gasteiger partial charge in [0.05, 0.1) is 31.3 Å². The van der Waals surface area contributed by atoms with Crippen molar-refractivity contribution in [3.8, 4) is 5.75 Å². The number of amides is 1. The smallest absolute Gasteiger partial charge is 0.310 e. The SMILES string of the molecule is CC(C)Oc1cccc(CC(=O)OCC(=O)N2CCOC3CCCCC32)c1. The summed E-state index contributed by atoms with van der Waals surface area (Å²) in [7, 11) is 0. The van der Waals surface area contributed by atoms with E-state index in [0.29, 0.717) is 13.2 Å². The van der Waals surface area contributed by atoms with Crippen molar-refractivity contribution in [3.05, 3.63) is 29.8 Å². The Morgan fingerprint density at radius 3 is 2.89 bits per heavy atom. The van der Waals surface area contributed by atoms with Gasteiger partial charge in [-0.15, -0.1) is 0 Å². The zero-order valence-corrected chi connectivity index (χ0v) is 16.2. The van der Waals surface area contributed by atoms with Gasteiger partial charge in [-0.1, -0.05) is 25.0 Å². The largest absolute Gasteiger partial charge is 0.491 e. The van der Waals surface area contributed by atoms with Crippen LogP contribution in [0.2, 0.25) is 0 Å². The Morgan fingerprint density at radius 2 is 2.07 bits per heavy atom. The molecular formula is C21H29NO5. The Morgan fingerprint density at radius 1 is 1.26 bits per heavy atom. The van der Waals surface area contributed by atoms with E-state index in [1.54, 1.807) is 0 Å². The first-order valence-electron chi connectivity index (χ1n) is 9.85. The summed E-state index contributed by atoms with van der Waals surface area (Å²) in [6, 6.07) is 7.52. The molecule has 0 N–H and O–H groups in total. The van der Waals surface area contributed by atoms with Crippen molar-refractivity contribution in [3.63, 3.8) is 0 Å². The summed E-state index contributed by atoms with van der Waals surface area (Å²) in [5, 5.41) is 0. The highest BCUT2D eigenvalue weighted by atomic mass is 16.5. The fraction of sp³-hybridized carbons (Fsp3) is 0.619. The lowest BCUT2D eigenvalue weighted by atomic mass is 9.90. The van der Waals surface area contributed by atoms with Crippen molar-refractivity contribution in [1.29, 1.82) is 0 Å². The standard InChI is InChI=1S/C21H29NO5/c1-15(2)27-17-7-5-6-16(12-17)13-21(24)26-14-20(23)22-10-11-25-19-9-4-3-8-18(19)22/h5-7,12,15,18-19H,3-4,8-11,13-14H2,1-2H3. The van der Waals surface area contributed by atoms with E-state index in [4.69, 9.17) is 14.2 Å². The van der Waals surface area contributed by atoms with E-state index < -0.39 is 5.97 Å². The lowest BCUT2D eigenvalue weighted by Crippen LogP contribution is -2.55. The lowest BCUT2D eigenvalue weighted by Gasteiger charge is -2.43. The maximum atomic E-state index is 12.6. The molecule has 2 unspecified atom stereocenters. The van der Waals surface area contributed by atoms with Gasteiger partial charge in [0, 0.05) is 6.54 Å². The van der Waals surface area contributed by atoms with Gasteiger partial charge >= 0.3 is 5.97 Å². The Hall–Kier alpha value is -2.08. The van der Waals surface area contributed by atoms with Crippen LogP contribution in [-0.2, 0) is 25.5 Å². The Bertz CT molecular complexity index is 658. The minimum Gasteiger partial charge on any atom is -0.491 e. The molecule has 1 amide bonds. The van der Waals surface area contributed by atoms with E-state index in [1.165, 1.54) is 0 Å². The number of rotatable bonds is 6. The topological polar surface area (TPSA) is 65.1 Å². The van der Waals surface area contributed by atoms with Crippen LogP contribution in [0, 0.1) is 0 Å². The number of esters is 1. The minimum absolute atomic E-state index is 0.0713. The summed E-state index contributed by atoms with van der Waals surface area (Å²) < 4.78 is 16.7. The van der Waals surface area contributed by atoms with Gasteiger partial charge in [0.1, 0.15) is 5.75 Å². The van der Waals surface area contributed by atoms with Gasteiger partial charge in [0.25, 0.3) is 5.91 Å². The molecule has 6 heteroatoms. The molecule has 27 heavy (non-hydrogen) atoms. The van der Waals surface area contributed by atoms with Crippen LogP contribution in [0.25, 0.3) is 0 Å². The Labute approximate surface area is 160 Å². The van der Waals surface area contributed by atoms with E-state index in [2.05, 4.69) is 0 Å². The monoisotopic (exact) mass is 375 g/mol. The number of carbonyl (C=O) groups is 2. The maximum Gasteiger partial charge on any atom is 0.310 e. The van der Waals surface area contributed by atoms with Crippen LogP contribution in [0.15, 0.2) is 24.3 Å². The summed E-state index contributed by atoms with van der Waals surface area (Å²) in [6.45, 7) is 4.84. The van der Waals surface area contributed by atoms with Crippen molar-refractivity contribution in [2.45, 2.75) is 64.2 Å². The fourth-order valence-corrected chi connectivity index (χ4v) is 3.85. The van der Waals surface area contributed by atoms with Crippen molar-refractivity contribution < 1.29 is 23.8 Å². The molecule has 1 aromatic carbocycles. The van der Waals surface area contributed by atoms with Crippen LogP contribution in [0.4, 0.5) is 0 Å². The van der Waals surface area contributed by atoms with Crippen molar-refractivity contribution in [1.82, 2.24) is 4.90 Å². The number of ether oxygens (including phenoxy) is 3. The minimum atomic E-state index is -0.404. The Kier molecular flexibility index (Phi) is 6.72. The fourth-order valence-electron chi connectivity index (χ4n) is 3.85. The van der Waals surface area contributed by atoms with Gasteiger partial charge in [-0.25, -0.2) is 0 Å². The molecule has 0 radical (unpaired) electrons. The van der Waals surface area contributed by atoms with Crippen LogP contribution in [0.3, 0.4) is 0 Å². The maximum absolute atomic E-state index is 12.6. The number of benzene rings is 1. The molecule has 1 saturated carbocycles. The second-order valence-electron chi connectivity index (χ2n) is 7.50. The highest BCUT2D eigenvalue weighted by Crippen LogP contribution is 2.28. The van der Waals surface area contributed by atoms with E-state index in [1.807, 2.05) is 43.0 Å². The molecule has 3 rings (SSSR count). The Balaban J connectivity index is 1.49. The first kappa shape index (κ1) is 19.7. The number of hydrogen-bond acceptors (Lipinski definition) is 5. The molecule has 2 fully saturated rings. The van der Waals surface area contributed by atoms with Gasteiger partial charge in [-0.2, -0.15) is 0 Å². The van der Waals surface area contributed by atoms with Crippen LogP contribution < -0.4 is 4.74 Å². The van der Waals surface area contributed by atoms with E-state index in [9.17, 15) is 9.59 Å². The summed E-state index contributed by atoms with van der Waals surface area (Å²) in [5.74, 6) is 0.196. The van der Waals surface area contributed by atoms with E-state index in [-0.39, 0.29) is 37.2 Å². The predicted octanol–water partition coefficient (Wildman–Crippen LogP) is 2.73. The molecular weight excluding hydrogens is 346 g/mol. The molecule has 1 saturated heterocycles. The average Bonchev–Trinajstić information content (AvgIpc) is 2.65. The molecule has 0 spiro atoms. The third kappa shape index (κ3) is 5.45. The van der Waals surface area contributed by atoms with Crippen molar-refractivity contribution in [2.75, 3.05) is 19.8 Å². The van der Waals surface area contributed by atoms with Gasteiger partial charge in [-0.05, 0) is 44.4 Å². The molecule has 1 heterocycles. The van der Waals surface area contributed by atoms with Gasteiger partial charge in [0.2, 0.25) is 0 Å². The summed E-state index contributed by atoms with van der Waals surface area (Å²) >= 11 is 0. The van der Waals surface area contributed by atoms with Crippen LogP contribution in [-0.4, -0.2) is 54.8 Å². The number of fused-ring (bicyclic) bond motifs is 1. The van der Waals surface area contributed by atoms with Crippen LogP contribution >= 0.6 is 0 Å². The van der Waals surface area contributed by atoms with E-state index >= 15 is 0 Å². The third-order valence-corrected chi connectivity index (χ3v) is 5.03. The first-order chi connectivity index (χ1) is 13.0. The van der Waals surface area contributed by atoms with Gasteiger partial charge in [0.15, 0.2) is 6.61 Å². The highest BCUT2D eigenvalue weighted by Gasteiger charge is 2.36. The molecule has 0 aromatic heterocycles. The van der Waals surface area contributed by atoms with Crippen LogP contribution in [0.5, 0.6) is 5.75 Å². The lowest BCUT2D eigenvalue weighted by molar-refractivity contribution is -0.160. The van der Waals surface area contributed by atoms with Crippen LogP contribution in [0.1, 0.15) is 45.1 Å². The van der Waals surface area contributed by atoms with Gasteiger partial charge in [-0.3, -0.25) is 9.59 Å². The molecule has 1 aromatic rings.